The number of amides is 1. The largest absolute Gasteiger partial charge is 0.381 e. The van der Waals surface area contributed by atoms with Gasteiger partial charge in [0.2, 0.25) is 0 Å². The van der Waals surface area contributed by atoms with E-state index < -0.39 is 0 Å². The van der Waals surface area contributed by atoms with E-state index in [2.05, 4.69) is 15.4 Å². The molecule has 1 N–H and O–H groups in total. The van der Waals surface area contributed by atoms with Gasteiger partial charge < -0.3 is 10.1 Å². The zero-order valence-electron chi connectivity index (χ0n) is 14.2. The lowest BCUT2D eigenvalue weighted by molar-refractivity contribution is 0.0599. The van der Waals surface area contributed by atoms with Gasteiger partial charge in [-0.2, -0.15) is 5.10 Å². The molecule has 0 unspecified atom stereocenters. The molecular formula is C17H24N4O2. The molecule has 1 saturated carbocycles. The molecule has 1 amide bonds. The molecule has 0 saturated heterocycles. The number of carbonyl (C=O) groups is 1. The van der Waals surface area contributed by atoms with Crippen LogP contribution in [0, 0.1) is 13.8 Å². The monoisotopic (exact) mass is 316 g/mol. The van der Waals surface area contributed by atoms with Crippen molar-refractivity contribution in [3.63, 3.8) is 0 Å². The van der Waals surface area contributed by atoms with Crippen molar-refractivity contribution in [2.75, 3.05) is 7.11 Å². The van der Waals surface area contributed by atoms with Crippen LogP contribution in [0.3, 0.4) is 0 Å². The highest BCUT2D eigenvalue weighted by Gasteiger charge is 2.24. The molecule has 0 radical (unpaired) electrons. The Morgan fingerprint density at radius 1 is 1.30 bits per heavy atom. The van der Waals surface area contributed by atoms with Crippen molar-refractivity contribution >= 4 is 16.9 Å². The number of pyridine rings is 1. The minimum Gasteiger partial charge on any atom is -0.381 e. The first-order chi connectivity index (χ1) is 11.0. The molecule has 2 heterocycles. The highest BCUT2D eigenvalue weighted by Crippen LogP contribution is 2.24. The zero-order valence-corrected chi connectivity index (χ0v) is 14.2. The van der Waals surface area contributed by atoms with Crippen LogP contribution in [-0.4, -0.2) is 39.9 Å². The molecule has 3 rings (SSSR count). The molecule has 0 aromatic carbocycles. The fraction of sp³-hybridized carbons (Fsp3) is 0.588. The first-order valence-corrected chi connectivity index (χ1v) is 8.14. The summed E-state index contributed by atoms with van der Waals surface area (Å²) in [6.07, 6.45) is 4.25. The molecule has 23 heavy (non-hydrogen) atoms. The number of aryl methyl sites for hydroxylation is 3. The minimum absolute atomic E-state index is 0.0301. The van der Waals surface area contributed by atoms with Gasteiger partial charge in [0.15, 0.2) is 5.65 Å². The van der Waals surface area contributed by atoms with Crippen molar-refractivity contribution < 1.29 is 9.53 Å². The normalized spacial score (nSPS) is 21.6. The summed E-state index contributed by atoms with van der Waals surface area (Å²) in [5, 5.41) is 8.42. The molecule has 0 aliphatic heterocycles. The molecule has 0 bridgehead atoms. The molecule has 6 heteroatoms. The van der Waals surface area contributed by atoms with Crippen LogP contribution in [0.15, 0.2) is 6.07 Å². The van der Waals surface area contributed by atoms with Gasteiger partial charge in [0.1, 0.15) is 0 Å². The number of nitrogens with one attached hydrogen (secondary N) is 1. The number of hydrogen-bond donors (Lipinski definition) is 1. The van der Waals surface area contributed by atoms with E-state index in [0.717, 1.165) is 48.1 Å². The molecule has 1 aliphatic rings. The quantitative estimate of drug-likeness (QED) is 0.943. The van der Waals surface area contributed by atoms with E-state index in [1.807, 2.05) is 27.0 Å². The van der Waals surface area contributed by atoms with Gasteiger partial charge in [-0.25, -0.2) is 4.98 Å². The van der Waals surface area contributed by atoms with E-state index in [9.17, 15) is 4.79 Å². The summed E-state index contributed by atoms with van der Waals surface area (Å²) in [5.74, 6) is -0.0301. The lowest BCUT2D eigenvalue weighted by Gasteiger charge is -2.28. The summed E-state index contributed by atoms with van der Waals surface area (Å²) in [7, 11) is 3.61. The Kier molecular flexibility index (Phi) is 4.35. The number of aromatic nitrogens is 3. The van der Waals surface area contributed by atoms with Crippen LogP contribution in [0.1, 0.15) is 47.4 Å². The number of hydrogen-bond acceptors (Lipinski definition) is 4. The molecule has 2 aromatic rings. The van der Waals surface area contributed by atoms with E-state index in [4.69, 9.17) is 4.74 Å². The van der Waals surface area contributed by atoms with Crippen molar-refractivity contribution in [1.29, 1.82) is 0 Å². The Hall–Kier alpha value is -1.95. The molecule has 2 aromatic heterocycles. The maximum Gasteiger partial charge on any atom is 0.252 e. The predicted octanol–water partition coefficient (Wildman–Crippen LogP) is 2.27. The average molecular weight is 316 g/mol. The van der Waals surface area contributed by atoms with Gasteiger partial charge in [-0.3, -0.25) is 9.48 Å². The summed E-state index contributed by atoms with van der Waals surface area (Å²) in [6.45, 7) is 3.82. The number of methoxy groups -OCH3 is 1. The summed E-state index contributed by atoms with van der Waals surface area (Å²) in [5.41, 5.74) is 3.10. The van der Waals surface area contributed by atoms with Crippen molar-refractivity contribution in [2.45, 2.75) is 51.7 Å². The van der Waals surface area contributed by atoms with Gasteiger partial charge in [-0.1, -0.05) is 0 Å². The third-order valence-electron chi connectivity index (χ3n) is 4.68. The Morgan fingerprint density at radius 2 is 2.00 bits per heavy atom. The second kappa shape index (κ2) is 6.28. The van der Waals surface area contributed by atoms with Crippen molar-refractivity contribution in [1.82, 2.24) is 20.1 Å². The fourth-order valence-electron chi connectivity index (χ4n) is 3.46. The molecule has 0 atom stereocenters. The van der Waals surface area contributed by atoms with Crippen LogP contribution in [0.25, 0.3) is 11.0 Å². The fourth-order valence-corrected chi connectivity index (χ4v) is 3.46. The van der Waals surface area contributed by atoms with E-state index in [1.54, 1.807) is 11.8 Å². The van der Waals surface area contributed by atoms with Gasteiger partial charge in [0.25, 0.3) is 5.91 Å². The number of rotatable bonds is 3. The van der Waals surface area contributed by atoms with Gasteiger partial charge in [0.05, 0.1) is 22.7 Å². The van der Waals surface area contributed by atoms with Gasteiger partial charge in [0, 0.05) is 25.9 Å². The average Bonchev–Trinajstić information content (AvgIpc) is 2.81. The molecule has 124 valence electrons. The number of fused-ring (bicyclic) bond motifs is 1. The topological polar surface area (TPSA) is 69.0 Å². The highest BCUT2D eigenvalue weighted by atomic mass is 16.5. The Labute approximate surface area is 136 Å². The number of nitrogens with zero attached hydrogens (tertiary/aromatic N) is 3. The third-order valence-corrected chi connectivity index (χ3v) is 4.68. The minimum atomic E-state index is -0.0301. The number of carbonyl (C=O) groups excluding carboxylic acids is 1. The first-order valence-electron chi connectivity index (χ1n) is 8.14. The van der Waals surface area contributed by atoms with Crippen LogP contribution in [-0.2, 0) is 11.8 Å². The van der Waals surface area contributed by atoms with Gasteiger partial charge >= 0.3 is 0 Å². The van der Waals surface area contributed by atoms with E-state index in [1.165, 1.54) is 0 Å². The van der Waals surface area contributed by atoms with Crippen LogP contribution in [0.5, 0.6) is 0 Å². The molecule has 0 spiro atoms. The standard InChI is InChI=1S/C17H24N4O2/c1-10-9-14(15-11(2)20-21(3)16(15)18-10)17(22)19-12-5-7-13(23-4)8-6-12/h9,12-13H,5-8H2,1-4H3,(H,19,22). The van der Waals surface area contributed by atoms with Crippen LogP contribution < -0.4 is 5.32 Å². The Balaban J connectivity index is 1.84. The first kappa shape index (κ1) is 15.9. The van der Waals surface area contributed by atoms with Crippen LogP contribution in [0.4, 0.5) is 0 Å². The Bertz CT molecular complexity index is 730. The predicted molar refractivity (Wildman–Crippen MR) is 88.5 cm³/mol. The maximum atomic E-state index is 12.8. The summed E-state index contributed by atoms with van der Waals surface area (Å²) < 4.78 is 7.12. The van der Waals surface area contributed by atoms with Crippen LogP contribution in [0.2, 0.25) is 0 Å². The molecule has 1 aliphatic carbocycles. The van der Waals surface area contributed by atoms with E-state index in [0.29, 0.717) is 11.7 Å². The maximum absolute atomic E-state index is 12.8. The molecule has 6 nitrogen and oxygen atoms in total. The second-order valence-electron chi connectivity index (χ2n) is 6.40. The zero-order chi connectivity index (χ0) is 16.6. The Morgan fingerprint density at radius 3 is 2.65 bits per heavy atom. The molecular weight excluding hydrogens is 292 g/mol. The summed E-state index contributed by atoms with van der Waals surface area (Å²) in [6, 6.07) is 2.07. The van der Waals surface area contributed by atoms with Gasteiger partial charge in [-0.15, -0.1) is 0 Å². The summed E-state index contributed by atoms with van der Waals surface area (Å²) in [4.78, 5) is 17.3. The van der Waals surface area contributed by atoms with Crippen molar-refractivity contribution in [3.05, 3.63) is 23.0 Å². The lowest BCUT2D eigenvalue weighted by atomic mass is 9.92. The highest BCUT2D eigenvalue weighted by molar-refractivity contribution is 6.06. The summed E-state index contributed by atoms with van der Waals surface area (Å²) >= 11 is 0. The van der Waals surface area contributed by atoms with Crippen molar-refractivity contribution in [3.8, 4) is 0 Å². The second-order valence-corrected chi connectivity index (χ2v) is 6.40. The van der Waals surface area contributed by atoms with Crippen LogP contribution >= 0.6 is 0 Å². The lowest BCUT2D eigenvalue weighted by Crippen LogP contribution is -2.39. The van der Waals surface area contributed by atoms with E-state index >= 15 is 0 Å². The molecule has 1 fully saturated rings. The SMILES string of the molecule is COC1CCC(NC(=O)c2cc(C)nc3c2c(C)nn3C)CC1. The van der Waals surface area contributed by atoms with Crippen molar-refractivity contribution in [2.24, 2.45) is 7.05 Å². The number of ether oxygens (including phenoxy) is 1. The van der Waals surface area contributed by atoms with E-state index in [-0.39, 0.29) is 11.9 Å². The smallest absolute Gasteiger partial charge is 0.252 e. The van der Waals surface area contributed by atoms with Gasteiger partial charge in [-0.05, 0) is 45.6 Å². The third kappa shape index (κ3) is 3.08.